The third kappa shape index (κ3) is 8.18. The van der Waals surface area contributed by atoms with Crippen LogP contribution >= 0.6 is 0 Å². The Hall–Kier alpha value is -1.77. The second-order valence-electron chi connectivity index (χ2n) is 5.10. The molecule has 1 aromatic carbocycles. The Balaban J connectivity index is 2.29. The predicted molar refractivity (Wildman–Crippen MR) is 88.4 cm³/mol. The van der Waals surface area contributed by atoms with E-state index in [-0.39, 0.29) is 5.91 Å². The van der Waals surface area contributed by atoms with Crippen molar-refractivity contribution in [1.29, 1.82) is 0 Å². The van der Waals surface area contributed by atoms with Crippen LogP contribution in [0, 0.1) is 0 Å². The number of carbonyl (C=O) groups is 1. The summed E-state index contributed by atoms with van der Waals surface area (Å²) in [5, 5.41) is 2.90. The third-order valence-electron chi connectivity index (χ3n) is 3.11. The Morgan fingerprint density at radius 2 is 1.86 bits per heavy atom. The molecule has 0 bridgehead atoms. The summed E-state index contributed by atoms with van der Waals surface area (Å²) < 4.78 is 5.52. The molecule has 0 saturated heterocycles. The molecule has 0 heterocycles. The number of amides is 1. The van der Waals surface area contributed by atoms with Gasteiger partial charge in [0.05, 0.1) is 6.61 Å². The molecule has 0 radical (unpaired) electrons. The van der Waals surface area contributed by atoms with Gasteiger partial charge in [-0.2, -0.15) is 0 Å². The Morgan fingerprint density at radius 3 is 2.52 bits per heavy atom. The van der Waals surface area contributed by atoms with Crippen molar-refractivity contribution < 1.29 is 9.53 Å². The van der Waals surface area contributed by atoms with Gasteiger partial charge in [0.1, 0.15) is 5.75 Å². The van der Waals surface area contributed by atoms with Gasteiger partial charge in [-0.15, -0.1) is 0 Å². The fraction of sp³-hybridized carbons (Fsp3) is 0.500. The first-order valence-electron chi connectivity index (χ1n) is 7.95. The van der Waals surface area contributed by atoms with Crippen molar-refractivity contribution in [2.24, 2.45) is 0 Å². The zero-order valence-electron chi connectivity index (χ0n) is 13.2. The lowest BCUT2D eigenvalue weighted by Crippen LogP contribution is -2.21. The van der Waals surface area contributed by atoms with E-state index in [0.717, 1.165) is 37.3 Å². The van der Waals surface area contributed by atoms with Crippen LogP contribution in [0.25, 0.3) is 6.08 Å². The summed E-state index contributed by atoms with van der Waals surface area (Å²) in [6.07, 6.45) is 9.09. The van der Waals surface area contributed by atoms with Crippen LogP contribution in [0.1, 0.15) is 51.5 Å². The zero-order chi connectivity index (χ0) is 15.3. The Morgan fingerprint density at radius 1 is 1.10 bits per heavy atom. The summed E-state index contributed by atoms with van der Waals surface area (Å²) in [4.78, 5) is 11.6. The lowest BCUT2D eigenvalue weighted by molar-refractivity contribution is -0.116. The van der Waals surface area contributed by atoms with Crippen molar-refractivity contribution in [2.75, 3.05) is 13.2 Å². The van der Waals surface area contributed by atoms with Crippen LogP contribution in [-0.2, 0) is 4.79 Å². The molecule has 1 amide bonds. The summed E-state index contributed by atoms with van der Waals surface area (Å²) in [5.74, 6) is 0.840. The SMILES string of the molecule is CCCCCCNC(=O)/C=C/c1ccc(OCCC)cc1. The van der Waals surface area contributed by atoms with E-state index in [2.05, 4.69) is 19.2 Å². The number of ether oxygens (including phenoxy) is 1. The maximum atomic E-state index is 11.6. The number of rotatable bonds is 10. The van der Waals surface area contributed by atoms with E-state index in [4.69, 9.17) is 4.74 Å². The second-order valence-corrected chi connectivity index (χ2v) is 5.10. The highest BCUT2D eigenvalue weighted by Gasteiger charge is 1.96. The molecule has 0 fully saturated rings. The molecular formula is C18H27NO2. The first-order valence-corrected chi connectivity index (χ1v) is 7.95. The van der Waals surface area contributed by atoms with Gasteiger partial charge in [0.15, 0.2) is 0 Å². The lowest BCUT2D eigenvalue weighted by Gasteiger charge is -2.04. The number of benzene rings is 1. The van der Waals surface area contributed by atoms with Crippen molar-refractivity contribution in [2.45, 2.75) is 46.0 Å². The number of hydrogen-bond acceptors (Lipinski definition) is 2. The molecule has 0 spiro atoms. The van der Waals surface area contributed by atoms with Gasteiger partial charge in [-0.1, -0.05) is 45.2 Å². The molecule has 0 atom stereocenters. The van der Waals surface area contributed by atoms with Gasteiger partial charge in [0, 0.05) is 12.6 Å². The van der Waals surface area contributed by atoms with Crippen molar-refractivity contribution in [3.8, 4) is 5.75 Å². The predicted octanol–water partition coefficient (Wildman–Crippen LogP) is 4.19. The first-order chi connectivity index (χ1) is 10.3. The molecule has 1 rings (SSSR count). The maximum absolute atomic E-state index is 11.6. The smallest absolute Gasteiger partial charge is 0.243 e. The van der Waals surface area contributed by atoms with Gasteiger partial charge in [0.25, 0.3) is 0 Å². The van der Waals surface area contributed by atoms with Crippen molar-refractivity contribution >= 4 is 12.0 Å². The standard InChI is InChI=1S/C18H27NO2/c1-3-5-6-7-14-19-18(20)13-10-16-8-11-17(12-9-16)21-15-4-2/h8-13H,3-7,14-15H2,1-2H3,(H,19,20)/b13-10+. The van der Waals surface area contributed by atoms with E-state index in [0.29, 0.717) is 0 Å². The van der Waals surface area contributed by atoms with E-state index >= 15 is 0 Å². The van der Waals surface area contributed by atoms with Crippen LogP contribution < -0.4 is 10.1 Å². The fourth-order valence-electron chi connectivity index (χ4n) is 1.89. The van der Waals surface area contributed by atoms with Crippen LogP contribution in [-0.4, -0.2) is 19.1 Å². The molecule has 3 heteroatoms. The molecule has 0 unspecified atom stereocenters. The normalized spacial score (nSPS) is 10.8. The molecule has 0 aromatic heterocycles. The summed E-state index contributed by atoms with van der Waals surface area (Å²) in [6.45, 7) is 5.75. The van der Waals surface area contributed by atoms with Crippen LogP contribution in [0.15, 0.2) is 30.3 Å². The van der Waals surface area contributed by atoms with Crippen molar-refractivity contribution in [3.63, 3.8) is 0 Å². The number of unbranched alkanes of at least 4 members (excludes halogenated alkanes) is 3. The van der Waals surface area contributed by atoms with Crippen molar-refractivity contribution in [1.82, 2.24) is 5.32 Å². The van der Waals surface area contributed by atoms with Gasteiger partial charge >= 0.3 is 0 Å². The third-order valence-corrected chi connectivity index (χ3v) is 3.11. The molecular weight excluding hydrogens is 262 g/mol. The Labute approximate surface area is 128 Å². The maximum Gasteiger partial charge on any atom is 0.243 e. The molecule has 0 aliphatic heterocycles. The number of nitrogens with one attached hydrogen (secondary N) is 1. The highest BCUT2D eigenvalue weighted by molar-refractivity contribution is 5.91. The zero-order valence-corrected chi connectivity index (χ0v) is 13.2. The average Bonchev–Trinajstić information content (AvgIpc) is 2.51. The molecule has 0 saturated carbocycles. The van der Waals surface area contributed by atoms with E-state index in [1.54, 1.807) is 6.08 Å². The molecule has 0 aliphatic carbocycles. The van der Waals surface area contributed by atoms with Gasteiger partial charge in [-0.05, 0) is 36.6 Å². The molecule has 1 N–H and O–H groups in total. The van der Waals surface area contributed by atoms with Gasteiger partial charge in [0.2, 0.25) is 5.91 Å². The van der Waals surface area contributed by atoms with Crippen LogP contribution in [0.5, 0.6) is 5.75 Å². The van der Waals surface area contributed by atoms with E-state index in [1.807, 2.05) is 30.3 Å². The molecule has 116 valence electrons. The van der Waals surface area contributed by atoms with Crippen molar-refractivity contribution in [3.05, 3.63) is 35.9 Å². The fourth-order valence-corrected chi connectivity index (χ4v) is 1.89. The summed E-state index contributed by atoms with van der Waals surface area (Å²) in [5.41, 5.74) is 1.000. The first kappa shape index (κ1) is 17.3. The Bertz CT molecular complexity index is 423. The van der Waals surface area contributed by atoms with E-state index < -0.39 is 0 Å². The van der Waals surface area contributed by atoms with Crippen LogP contribution in [0.3, 0.4) is 0 Å². The highest BCUT2D eigenvalue weighted by Crippen LogP contribution is 2.13. The van der Waals surface area contributed by atoms with E-state index in [1.165, 1.54) is 19.3 Å². The molecule has 0 aliphatic rings. The van der Waals surface area contributed by atoms with Crippen LogP contribution in [0.4, 0.5) is 0 Å². The highest BCUT2D eigenvalue weighted by atomic mass is 16.5. The molecule has 1 aromatic rings. The minimum absolute atomic E-state index is 0.0298. The summed E-state index contributed by atoms with van der Waals surface area (Å²) >= 11 is 0. The van der Waals surface area contributed by atoms with Gasteiger partial charge in [-0.3, -0.25) is 4.79 Å². The van der Waals surface area contributed by atoms with Crippen LogP contribution in [0.2, 0.25) is 0 Å². The minimum atomic E-state index is -0.0298. The number of carbonyl (C=O) groups excluding carboxylic acids is 1. The van der Waals surface area contributed by atoms with E-state index in [9.17, 15) is 4.79 Å². The lowest BCUT2D eigenvalue weighted by atomic mass is 10.2. The largest absolute Gasteiger partial charge is 0.494 e. The molecule has 3 nitrogen and oxygen atoms in total. The molecule has 21 heavy (non-hydrogen) atoms. The second kappa shape index (κ2) is 11.0. The quantitative estimate of drug-likeness (QED) is 0.518. The average molecular weight is 289 g/mol. The summed E-state index contributed by atoms with van der Waals surface area (Å²) in [7, 11) is 0. The Kier molecular flexibility index (Phi) is 9.01. The van der Waals surface area contributed by atoms with Gasteiger partial charge in [-0.25, -0.2) is 0 Å². The monoisotopic (exact) mass is 289 g/mol. The van der Waals surface area contributed by atoms with Gasteiger partial charge < -0.3 is 10.1 Å². The summed E-state index contributed by atoms with van der Waals surface area (Å²) in [6, 6.07) is 7.77. The topological polar surface area (TPSA) is 38.3 Å². The number of hydrogen-bond donors (Lipinski definition) is 1. The minimum Gasteiger partial charge on any atom is -0.494 e.